The van der Waals surface area contributed by atoms with Crippen molar-refractivity contribution >= 4 is 29.3 Å². The van der Waals surface area contributed by atoms with E-state index in [1.165, 1.54) is 11.8 Å². The summed E-state index contributed by atoms with van der Waals surface area (Å²) in [6.45, 7) is 8.10. The van der Waals surface area contributed by atoms with Gasteiger partial charge in [-0.15, -0.1) is 11.8 Å². The highest BCUT2D eigenvalue weighted by atomic mass is 35.5. The number of likely N-dealkylation sites (N-methyl/N-ethyl adjacent to an activating group) is 1. The van der Waals surface area contributed by atoms with Crippen molar-refractivity contribution < 1.29 is 14.3 Å². The van der Waals surface area contributed by atoms with Crippen LogP contribution in [0.2, 0.25) is 5.02 Å². The number of thioether (sulfide) groups is 1. The topological polar surface area (TPSA) is 86.9 Å². The van der Waals surface area contributed by atoms with Crippen LogP contribution in [-0.4, -0.2) is 72.0 Å². The van der Waals surface area contributed by atoms with Crippen molar-refractivity contribution in [2.24, 2.45) is 5.92 Å². The number of fused-ring (bicyclic) bond motifs is 1. The first-order valence-electron chi connectivity index (χ1n) is 13.7. The van der Waals surface area contributed by atoms with Crippen molar-refractivity contribution in [3.05, 3.63) is 49.9 Å². The first kappa shape index (κ1) is 28.3. The van der Waals surface area contributed by atoms with Gasteiger partial charge in [-0.1, -0.05) is 11.6 Å². The normalized spacial score (nSPS) is 25.1. The van der Waals surface area contributed by atoms with Crippen LogP contribution in [0, 0.1) is 19.8 Å². The molecule has 2 N–H and O–H groups in total. The van der Waals surface area contributed by atoms with E-state index in [1.54, 1.807) is 6.07 Å². The highest BCUT2D eigenvalue weighted by Gasteiger charge is 2.48. The number of nitrogens with zero attached hydrogens (tertiary/aromatic N) is 2. The fourth-order valence-electron chi connectivity index (χ4n) is 6.13. The molecular weight excluding hydrogens is 536 g/mol. The van der Waals surface area contributed by atoms with Gasteiger partial charge in [-0.05, 0) is 72.0 Å². The van der Waals surface area contributed by atoms with Crippen molar-refractivity contribution in [3.63, 3.8) is 0 Å². The van der Waals surface area contributed by atoms with E-state index in [0.717, 1.165) is 49.4 Å². The number of amides is 1. The number of aromatic nitrogens is 1. The van der Waals surface area contributed by atoms with Crippen molar-refractivity contribution in [2.45, 2.75) is 75.8 Å². The molecule has 0 radical (unpaired) electrons. The summed E-state index contributed by atoms with van der Waals surface area (Å²) in [6, 6.07) is 4.83. The SMILES string of the molecule is CSc1cc(C)[nH]c(=O)c1CNC(=O)c1cc(Cl)c2c(c1C)O[C@](C)(C1CCC(N3CC(N(C)C)C3)CC1)O2. The van der Waals surface area contributed by atoms with Crippen LogP contribution >= 0.6 is 23.4 Å². The molecule has 3 heterocycles. The Morgan fingerprint density at radius 2 is 1.85 bits per heavy atom. The number of carbonyl (C=O) groups excluding carboxylic acids is 1. The Kier molecular flexibility index (Phi) is 7.99. The Labute approximate surface area is 239 Å². The second kappa shape index (κ2) is 11.0. The summed E-state index contributed by atoms with van der Waals surface area (Å²) in [5.74, 6) is 0.143. The van der Waals surface area contributed by atoms with Gasteiger partial charge in [-0.3, -0.25) is 14.5 Å². The Morgan fingerprint density at radius 3 is 2.49 bits per heavy atom. The molecule has 39 heavy (non-hydrogen) atoms. The van der Waals surface area contributed by atoms with Crippen molar-refractivity contribution in [3.8, 4) is 11.5 Å². The lowest BCUT2D eigenvalue weighted by Crippen LogP contribution is -2.61. The summed E-state index contributed by atoms with van der Waals surface area (Å²) in [5.41, 5.74) is 2.22. The summed E-state index contributed by atoms with van der Waals surface area (Å²) in [5, 5.41) is 3.25. The molecule has 2 aromatic rings. The van der Waals surface area contributed by atoms with E-state index >= 15 is 0 Å². The summed E-state index contributed by atoms with van der Waals surface area (Å²) >= 11 is 8.12. The number of hydrogen-bond donors (Lipinski definition) is 2. The van der Waals surface area contributed by atoms with Gasteiger partial charge in [0.2, 0.25) is 0 Å². The number of benzene rings is 1. The van der Waals surface area contributed by atoms with E-state index in [1.807, 2.05) is 33.1 Å². The number of nitrogens with one attached hydrogen (secondary N) is 2. The molecule has 1 aliphatic carbocycles. The standard InChI is InChI=1S/C29H39ClN4O4S/c1-16-11-24(39-6)22(28(36)32-16)13-31-27(35)21-12-23(30)26-25(17(21)2)37-29(3,38-26)18-7-9-19(10-8-18)34-14-20(15-34)33(4)5/h11-12,18-20H,7-10,13-15H2,1-6H3,(H,31,35)(H,32,36)/t18?,19?,29-/m0/s1. The third-order valence-electron chi connectivity index (χ3n) is 8.74. The fourth-order valence-corrected chi connectivity index (χ4v) is 7.07. The van der Waals surface area contributed by atoms with Gasteiger partial charge in [-0.25, -0.2) is 0 Å². The average molecular weight is 575 g/mol. The Bertz CT molecular complexity index is 1320. The summed E-state index contributed by atoms with van der Waals surface area (Å²) in [7, 11) is 4.31. The molecule has 10 heteroatoms. The molecule has 2 aliphatic heterocycles. The Balaban J connectivity index is 1.26. The third kappa shape index (κ3) is 5.43. The summed E-state index contributed by atoms with van der Waals surface area (Å²) in [4.78, 5) is 34.3. The number of halogens is 1. The molecule has 5 rings (SSSR count). The smallest absolute Gasteiger partial charge is 0.254 e. The second-order valence-electron chi connectivity index (χ2n) is 11.5. The highest BCUT2D eigenvalue weighted by molar-refractivity contribution is 7.98. The maximum atomic E-state index is 13.2. The number of hydrogen-bond acceptors (Lipinski definition) is 7. The molecule has 1 amide bonds. The van der Waals surface area contributed by atoms with Gasteiger partial charge in [0, 0.05) is 71.8 Å². The van der Waals surface area contributed by atoms with Crippen LogP contribution in [0.1, 0.15) is 59.8 Å². The molecule has 8 nitrogen and oxygen atoms in total. The lowest BCUT2D eigenvalue weighted by atomic mass is 9.80. The van der Waals surface area contributed by atoms with Crippen LogP contribution in [0.4, 0.5) is 0 Å². The molecular formula is C29H39ClN4O4S. The zero-order valence-corrected chi connectivity index (χ0v) is 25.2. The number of H-pyrrole nitrogens is 1. The maximum absolute atomic E-state index is 13.2. The fraction of sp³-hybridized carbons (Fsp3) is 0.586. The van der Waals surface area contributed by atoms with Gasteiger partial charge in [0.15, 0.2) is 11.5 Å². The quantitative estimate of drug-likeness (QED) is 0.468. The van der Waals surface area contributed by atoms with Gasteiger partial charge in [-0.2, -0.15) is 0 Å². The average Bonchev–Trinajstić information content (AvgIpc) is 3.24. The first-order chi connectivity index (χ1) is 18.5. The van der Waals surface area contributed by atoms with Crippen LogP contribution in [0.5, 0.6) is 11.5 Å². The molecule has 1 saturated heterocycles. The molecule has 2 fully saturated rings. The number of likely N-dealkylation sites (tertiary alicyclic amines) is 1. The minimum Gasteiger partial charge on any atom is -0.448 e. The van der Waals surface area contributed by atoms with Crippen molar-refractivity contribution in [1.29, 1.82) is 0 Å². The Morgan fingerprint density at radius 1 is 1.18 bits per heavy atom. The van der Waals surface area contributed by atoms with Gasteiger partial charge >= 0.3 is 0 Å². The molecule has 1 atom stereocenters. The number of aryl methyl sites for hydroxylation is 1. The molecule has 0 bridgehead atoms. The molecule has 0 unspecified atom stereocenters. The van der Waals surface area contributed by atoms with Gasteiger partial charge in [0.05, 0.1) is 5.02 Å². The molecule has 212 valence electrons. The van der Waals surface area contributed by atoms with E-state index < -0.39 is 5.79 Å². The first-order valence-corrected chi connectivity index (χ1v) is 15.3. The number of pyridine rings is 1. The second-order valence-corrected chi connectivity index (χ2v) is 12.8. The predicted molar refractivity (Wildman–Crippen MR) is 155 cm³/mol. The van der Waals surface area contributed by atoms with Crippen LogP contribution in [0.15, 0.2) is 21.8 Å². The maximum Gasteiger partial charge on any atom is 0.254 e. The summed E-state index contributed by atoms with van der Waals surface area (Å²) < 4.78 is 12.9. The van der Waals surface area contributed by atoms with Crippen molar-refractivity contribution in [1.82, 2.24) is 20.1 Å². The number of aromatic amines is 1. The number of rotatable bonds is 7. The zero-order chi connectivity index (χ0) is 28.1. The van der Waals surface area contributed by atoms with E-state index in [-0.39, 0.29) is 23.9 Å². The van der Waals surface area contributed by atoms with Gasteiger partial charge in [0.25, 0.3) is 17.3 Å². The lowest BCUT2D eigenvalue weighted by Gasteiger charge is -2.49. The minimum absolute atomic E-state index is 0.114. The number of carbonyl (C=O) groups is 1. The van der Waals surface area contributed by atoms with Gasteiger partial charge in [0.1, 0.15) is 0 Å². The lowest BCUT2D eigenvalue weighted by molar-refractivity contribution is -0.127. The van der Waals surface area contributed by atoms with E-state index in [2.05, 4.69) is 34.2 Å². The highest BCUT2D eigenvalue weighted by Crippen LogP contribution is 2.52. The molecule has 3 aliphatic rings. The van der Waals surface area contributed by atoms with E-state index in [0.29, 0.717) is 45.3 Å². The van der Waals surface area contributed by atoms with E-state index in [9.17, 15) is 9.59 Å². The van der Waals surface area contributed by atoms with E-state index in [4.69, 9.17) is 21.1 Å². The number of ether oxygens (including phenoxy) is 2. The molecule has 1 aromatic heterocycles. The largest absolute Gasteiger partial charge is 0.448 e. The zero-order valence-electron chi connectivity index (χ0n) is 23.7. The van der Waals surface area contributed by atoms with Crippen LogP contribution in [0.3, 0.4) is 0 Å². The molecule has 1 saturated carbocycles. The van der Waals surface area contributed by atoms with Crippen LogP contribution in [-0.2, 0) is 6.54 Å². The van der Waals surface area contributed by atoms with Gasteiger partial charge < -0.3 is 24.7 Å². The predicted octanol–water partition coefficient (Wildman–Crippen LogP) is 4.59. The van der Waals surface area contributed by atoms with Crippen LogP contribution in [0.25, 0.3) is 0 Å². The molecule has 0 spiro atoms. The monoisotopic (exact) mass is 574 g/mol. The molecule has 1 aromatic carbocycles. The van der Waals surface area contributed by atoms with Crippen LogP contribution < -0.4 is 20.3 Å². The van der Waals surface area contributed by atoms with Crippen molar-refractivity contribution in [2.75, 3.05) is 33.4 Å². The summed E-state index contributed by atoms with van der Waals surface area (Å²) in [6.07, 6.45) is 6.20. The minimum atomic E-state index is -0.819. The third-order valence-corrected chi connectivity index (χ3v) is 9.83. The Hall–Kier alpha value is -2.20.